The van der Waals surface area contributed by atoms with Gasteiger partial charge in [-0.1, -0.05) is 13.8 Å². The predicted molar refractivity (Wildman–Crippen MR) is 80.2 cm³/mol. The molecule has 1 fully saturated rings. The van der Waals surface area contributed by atoms with Crippen LogP contribution in [-0.2, 0) is 9.59 Å². The second kappa shape index (κ2) is 8.25. The zero-order valence-electron chi connectivity index (χ0n) is 13.2. The molecule has 0 radical (unpaired) electrons. The summed E-state index contributed by atoms with van der Waals surface area (Å²) in [5.41, 5.74) is 0. The lowest BCUT2D eigenvalue weighted by Crippen LogP contribution is -2.32. The molecular weight excluding hydrogens is 254 g/mol. The Kier molecular flexibility index (Phi) is 6.99. The number of carbonyl (C=O) groups excluding carboxylic acids is 2. The van der Waals surface area contributed by atoms with Crippen LogP contribution in [0.5, 0.6) is 0 Å². The number of hydrogen-bond acceptors (Lipinski definition) is 3. The quantitative estimate of drug-likeness (QED) is 0.617. The third-order valence-corrected chi connectivity index (χ3v) is 3.57. The SMILES string of the molecule is CC(C)CCNC(=O)C1CC1C(=O)NCCCN(C)C. The van der Waals surface area contributed by atoms with E-state index in [4.69, 9.17) is 0 Å². The minimum atomic E-state index is -0.103. The molecule has 1 aliphatic rings. The van der Waals surface area contributed by atoms with Crippen LogP contribution in [0.25, 0.3) is 0 Å². The van der Waals surface area contributed by atoms with Crippen molar-refractivity contribution in [2.24, 2.45) is 17.8 Å². The maximum atomic E-state index is 11.8. The van der Waals surface area contributed by atoms with E-state index in [1.54, 1.807) is 0 Å². The van der Waals surface area contributed by atoms with Crippen molar-refractivity contribution in [3.63, 3.8) is 0 Å². The monoisotopic (exact) mass is 283 g/mol. The fourth-order valence-corrected chi connectivity index (χ4v) is 2.13. The van der Waals surface area contributed by atoms with Crippen molar-refractivity contribution in [1.29, 1.82) is 0 Å². The summed E-state index contributed by atoms with van der Waals surface area (Å²) in [5, 5.41) is 5.83. The zero-order valence-corrected chi connectivity index (χ0v) is 13.2. The minimum Gasteiger partial charge on any atom is -0.356 e. The average Bonchev–Trinajstić information content (AvgIpc) is 3.13. The van der Waals surface area contributed by atoms with Gasteiger partial charge in [0.05, 0.1) is 11.8 Å². The fraction of sp³-hybridized carbons (Fsp3) is 0.867. The van der Waals surface area contributed by atoms with Gasteiger partial charge in [0.25, 0.3) is 0 Å². The van der Waals surface area contributed by atoms with E-state index in [0.717, 1.165) is 19.4 Å². The maximum absolute atomic E-state index is 11.8. The van der Waals surface area contributed by atoms with Crippen molar-refractivity contribution in [3.05, 3.63) is 0 Å². The van der Waals surface area contributed by atoms with Gasteiger partial charge < -0.3 is 15.5 Å². The van der Waals surface area contributed by atoms with Crippen LogP contribution in [0.1, 0.15) is 33.1 Å². The smallest absolute Gasteiger partial charge is 0.223 e. The first-order valence-corrected chi connectivity index (χ1v) is 7.62. The van der Waals surface area contributed by atoms with E-state index in [9.17, 15) is 9.59 Å². The molecule has 5 heteroatoms. The van der Waals surface area contributed by atoms with Gasteiger partial charge in [-0.15, -0.1) is 0 Å². The first-order chi connectivity index (χ1) is 9.41. The Balaban J connectivity index is 2.11. The molecule has 0 aromatic carbocycles. The predicted octanol–water partition coefficient (Wildman–Crippen LogP) is 0.853. The molecule has 0 heterocycles. The van der Waals surface area contributed by atoms with Crippen LogP contribution in [0, 0.1) is 17.8 Å². The topological polar surface area (TPSA) is 61.4 Å². The third-order valence-electron chi connectivity index (χ3n) is 3.57. The summed E-state index contributed by atoms with van der Waals surface area (Å²) in [7, 11) is 4.03. The zero-order chi connectivity index (χ0) is 15.1. The van der Waals surface area contributed by atoms with Gasteiger partial charge in [0.15, 0.2) is 0 Å². The minimum absolute atomic E-state index is 0.0350. The lowest BCUT2D eigenvalue weighted by molar-refractivity contribution is -0.127. The van der Waals surface area contributed by atoms with E-state index in [1.165, 1.54) is 0 Å². The van der Waals surface area contributed by atoms with Crippen molar-refractivity contribution >= 4 is 11.8 Å². The van der Waals surface area contributed by atoms with Crippen molar-refractivity contribution < 1.29 is 9.59 Å². The summed E-state index contributed by atoms with van der Waals surface area (Å²) in [6.07, 6.45) is 2.63. The second-order valence-corrected chi connectivity index (χ2v) is 6.37. The molecule has 2 atom stereocenters. The molecule has 0 aromatic heterocycles. The maximum Gasteiger partial charge on any atom is 0.223 e. The van der Waals surface area contributed by atoms with Gasteiger partial charge in [-0.25, -0.2) is 0 Å². The van der Waals surface area contributed by atoms with Crippen molar-refractivity contribution in [2.75, 3.05) is 33.7 Å². The van der Waals surface area contributed by atoms with Crippen LogP contribution in [0.2, 0.25) is 0 Å². The van der Waals surface area contributed by atoms with Gasteiger partial charge >= 0.3 is 0 Å². The van der Waals surface area contributed by atoms with Gasteiger partial charge in [0, 0.05) is 13.1 Å². The lowest BCUT2D eigenvalue weighted by Gasteiger charge is -2.10. The lowest BCUT2D eigenvalue weighted by atomic mass is 10.1. The summed E-state index contributed by atoms with van der Waals surface area (Å²) in [4.78, 5) is 25.8. The Morgan fingerprint density at radius 2 is 1.65 bits per heavy atom. The fourth-order valence-electron chi connectivity index (χ4n) is 2.13. The Hall–Kier alpha value is -1.10. The Morgan fingerprint density at radius 1 is 1.10 bits per heavy atom. The van der Waals surface area contributed by atoms with E-state index in [2.05, 4.69) is 29.4 Å². The highest BCUT2D eigenvalue weighted by Gasteiger charge is 2.47. The molecule has 0 aliphatic heterocycles. The molecule has 0 bridgehead atoms. The number of nitrogens with zero attached hydrogens (tertiary/aromatic N) is 1. The summed E-state index contributed by atoms with van der Waals surface area (Å²) in [6.45, 7) is 6.63. The average molecular weight is 283 g/mol. The summed E-state index contributed by atoms with van der Waals surface area (Å²) in [5.74, 6) is 0.460. The van der Waals surface area contributed by atoms with Crippen LogP contribution in [0.15, 0.2) is 0 Å². The van der Waals surface area contributed by atoms with Crippen LogP contribution in [0.4, 0.5) is 0 Å². The van der Waals surface area contributed by atoms with Crippen molar-refractivity contribution in [3.8, 4) is 0 Å². The van der Waals surface area contributed by atoms with E-state index in [-0.39, 0.29) is 23.7 Å². The van der Waals surface area contributed by atoms with E-state index in [0.29, 0.717) is 25.4 Å². The Bertz CT molecular complexity index is 329. The summed E-state index contributed by atoms with van der Waals surface area (Å²) < 4.78 is 0. The summed E-state index contributed by atoms with van der Waals surface area (Å²) in [6, 6.07) is 0. The normalized spacial score (nSPS) is 21.1. The highest BCUT2D eigenvalue weighted by atomic mass is 16.2. The van der Waals surface area contributed by atoms with Gasteiger partial charge in [0.1, 0.15) is 0 Å². The van der Waals surface area contributed by atoms with Crippen LogP contribution in [-0.4, -0.2) is 50.4 Å². The standard InChI is InChI=1S/C15H29N3O2/c1-11(2)6-8-17-15(20)13-10-12(13)14(19)16-7-5-9-18(3)4/h11-13H,5-10H2,1-4H3,(H,16,19)(H,17,20). The number of amides is 2. The molecule has 2 N–H and O–H groups in total. The molecule has 0 aromatic rings. The highest BCUT2D eigenvalue weighted by molar-refractivity contribution is 5.92. The summed E-state index contributed by atoms with van der Waals surface area (Å²) >= 11 is 0. The van der Waals surface area contributed by atoms with Gasteiger partial charge in [-0.05, 0) is 45.8 Å². The van der Waals surface area contributed by atoms with Crippen molar-refractivity contribution in [2.45, 2.75) is 33.1 Å². The van der Waals surface area contributed by atoms with Gasteiger partial charge in [-0.3, -0.25) is 9.59 Å². The van der Waals surface area contributed by atoms with E-state index >= 15 is 0 Å². The van der Waals surface area contributed by atoms with Crippen LogP contribution in [0.3, 0.4) is 0 Å². The molecule has 116 valence electrons. The first kappa shape index (κ1) is 17.0. The third kappa shape index (κ3) is 6.37. The molecule has 2 amide bonds. The Labute approximate surface area is 122 Å². The highest BCUT2D eigenvalue weighted by Crippen LogP contribution is 2.38. The van der Waals surface area contributed by atoms with Gasteiger partial charge in [-0.2, -0.15) is 0 Å². The molecule has 0 saturated heterocycles. The molecule has 1 rings (SSSR count). The molecule has 1 saturated carbocycles. The first-order valence-electron chi connectivity index (χ1n) is 7.62. The Morgan fingerprint density at radius 3 is 2.15 bits per heavy atom. The van der Waals surface area contributed by atoms with E-state index in [1.807, 2.05) is 14.1 Å². The molecule has 0 spiro atoms. The number of hydrogen-bond donors (Lipinski definition) is 2. The molecule has 20 heavy (non-hydrogen) atoms. The van der Waals surface area contributed by atoms with Crippen LogP contribution < -0.4 is 10.6 Å². The number of rotatable bonds is 9. The number of nitrogens with one attached hydrogen (secondary N) is 2. The molecule has 2 unspecified atom stereocenters. The van der Waals surface area contributed by atoms with E-state index < -0.39 is 0 Å². The molecule has 5 nitrogen and oxygen atoms in total. The molecule has 1 aliphatic carbocycles. The molecular formula is C15H29N3O2. The largest absolute Gasteiger partial charge is 0.356 e. The number of carbonyl (C=O) groups is 2. The van der Waals surface area contributed by atoms with Gasteiger partial charge in [0.2, 0.25) is 11.8 Å². The van der Waals surface area contributed by atoms with Crippen molar-refractivity contribution in [1.82, 2.24) is 15.5 Å². The second-order valence-electron chi connectivity index (χ2n) is 6.37. The van der Waals surface area contributed by atoms with Crippen LogP contribution >= 0.6 is 0 Å².